The zero-order valence-electron chi connectivity index (χ0n) is 7.32. The fourth-order valence-electron chi connectivity index (χ4n) is 1.09. The third-order valence-electron chi connectivity index (χ3n) is 1.82. The van der Waals surface area contributed by atoms with Gasteiger partial charge in [0, 0.05) is 16.0 Å². The molecule has 0 aliphatic rings. The van der Waals surface area contributed by atoms with Gasteiger partial charge in [-0.15, -0.1) is 11.8 Å². The van der Waals surface area contributed by atoms with Crippen LogP contribution >= 0.6 is 11.8 Å². The van der Waals surface area contributed by atoms with Crippen molar-refractivity contribution in [3.63, 3.8) is 0 Å². The Morgan fingerprint density at radius 1 is 1.15 bits per heavy atom. The summed E-state index contributed by atoms with van der Waals surface area (Å²) in [6, 6.07) is 3.42. The fourth-order valence-corrected chi connectivity index (χ4v) is 1.61. The molecule has 3 nitrogen and oxygen atoms in total. The van der Waals surface area contributed by atoms with Gasteiger partial charge in [0.25, 0.3) is 0 Å². The smallest absolute Gasteiger partial charge is 0.126 e. The predicted octanol–water partition coefficient (Wildman–Crippen LogP) is 1.10. The van der Waals surface area contributed by atoms with E-state index < -0.39 is 0 Å². The highest BCUT2D eigenvalue weighted by Gasteiger charge is 2.07. The molecule has 0 amide bonds. The SMILES string of the molecule is CSc1cc(CO)c(O)c(CO)c1. The molecule has 0 saturated carbocycles. The summed E-state index contributed by atoms with van der Waals surface area (Å²) in [5.41, 5.74) is 0.909. The number of thioether (sulfide) groups is 1. The third kappa shape index (κ3) is 2.15. The van der Waals surface area contributed by atoms with E-state index in [9.17, 15) is 5.11 Å². The van der Waals surface area contributed by atoms with Crippen molar-refractivity contribution in [2.24, 2.45) is 0 Å². The quantitative estimate of drug-likeness (QED) is 0.639. The summed E-state index contributed by atoms with van der Waals surface area (Å²) in [5, 5.41) is 27.3. The van der Waals surface area contributed by atoms with Crippen LogP contribution in [-0.2, 0) is 13.2 Å². The average molecular weight is 200 g/mol. The Hall–Kier alpha value is -0.710. The van der Waals surface area contributed by atoms with E-state index in [4.69, 9.17) is 10.2 Å². The van der Waals surface area contributed by atoms with Crippen LogP contribution in [0.5, 0.6) is 5.75 Å². The van der Waals surface area contributed by atoms with Crippen LogP contribution < -0.4 is 0 Å². The lowest BCUT2D eigenvalue weighted by molar-refractivity contribution is 0.263. The zero-order chi connectivity index (χ0) is 9.84. The second-order valence-corrected chi connectivity index (χ2v) is 3.49. The van der Waals surface area contributed by atoms with E-state index in [-0.39, 0.29) is 19.0 Å². The lowest BCUT2D eigenvalue weighted by Crippen LogP contribution is -1.92. The second kappa shape index (κ2) is 4.50. The molecule has 0 aliphatic carbocycles. The monoisotopic (exact) mass is 200 g/mol. The Balaban J connectivity index is 3.20. The zero-order valence-corrected chi connectivity index (χ0v) is 8.14. The lowest BCUT2D eigenvalue weighted by atomic mass is 10.1. The van der Waals surface area contributed by atoms with Crippen LogP contribution in [0.3, 0.4) is 0 Å². The number of aliphatic hydroxyl groups is 2. The summed E-state index contributed by atoms with van der Waals surface area (Å²) in [6.07, 6.45) is 1.90. The first-order valence-corrected chi connectivity index (χ1v) is 5.05. The normalized spacial score (nSPS) is 10.4. The van der Waals surface area contributed by atoms with Crippen molar-refractivity contribution in [1.29, 1.82) is 0 Å². The lowest BCUT2D eigenvalue weighted by Gasteiger charge is -2.08. The maximum Gasteiger partial charge on any atom is 0.126 e. The van der Waals surface area contributed by atoms with E-state index in [0.29, 0.717) is 11.1 Å². The van der Waals surface area contributed by atoms with Crippen molar-refractivity contribution >= 4 is 11.8 Å². The minimum absolute atomic E-state index is 0.0113. The van der Waals surface area contributed by atoms with Gasteiger partial charge in [0.15, 0.2) is 0 Å². The average Bonchev–Trinajstić information content (AvgIpc) is 2.18. The standard InChI is InChI=1S/C9H12O3S/c1-13-8-2-6(4-10)9(12)7(3-8)5-11/h2-3,10-12H,4-5H2,1H3. The van der Waals surface area contributed by atoms with Gasteiger partial charge in [0.2, 0.25) is 0 Å². The van der Waals surface area contributed by atoms with Gasteiger partial charge in [-0.1, -0.05) is 0 Å². The Kier molecular flexibility index (Phi) is 3.59. The number of hydrogen-bond donors (Lipinski definition) is 3. The topological polar surface area (TPSA) is 60.7 Å². The van der Waals surface area contributed by atoms with Crippen LogP contribution in [0.4, 0.5) is 0 Å². The van der Waals surface area contributed by atoms with Crippen LogP contribution in [0.2, 0.25) is 0 Å². The van der Waals surface area contributed by atoms with Crippen molar-refractivity contribution < 1.29 is 15.3 Å². The molecule has 72 valence electrons. The number of phenols is 1. The van der Waals surface area contributed by atoms with Crippen molar-refractivity contribution in [2.45, 2.75) is 18.1 Å². The molecule has 0 spiro atoms. The Morgan fingerprint density at radius 3 is 1.92 bits per heavy atom. The summed E-state index contributed by atoms with van der Waals surface area (Å²) in [4.78, 5) is 0.922. The first kappa shape index (κ1) is 10.4. The van der Waals surface area contributed by atoms with E-state index in [1.165, 1.54) is 11.8 Å². The first-order chi connectivity index (χ1) is 6.22. The van der Waals surface area contributed by atoms with Crippen LogP contribution in [0, 0.1) is 0 Å². The van der Waals surface area contributed by atoms with Gasteiger partial charge in [0.05, 0.1) is 13.2 Å². The molecule has 0 aromatic heterocycles. The molecule has 0 heterocycles. The molecule has 1 aromatic rings. The number of aliphatic hydroxyl groups excluding tert-OH is 2. The fraction of sp³-hybridized carbons (Fsp3) is 0.333. The summed E-state index contributed by atoms with van der Waals surface area (Å²) in [5.74, 6) is -0.0113. The highest BCUT2D eigenvalue weighted by molar-refractivity contribution is 7.98. The minimum atomic E-state index is -0.215. The highest BCUT2D eigenvalue weighted by atomic mass is 32.2. The van der Waals surface area contributed by atoms with Crippen molar-refractivity contribution in [3.8, 4) is 5.75 Å². The molecule has 0 fully saturated rings. The van der Waals surface area contributed by atoms with Gasteiger partial charge < -0.3 is 15.3 Å². The van der Waals surface area contributed by atoms with Crippen LogP contribution in [0.15, 0.2) is 17.0 Å². The Morgan fingerprint density at radius 2 is 1.62 bits per heavy atom. The molecule has 0 bridgehead atoms. The maximum absolute atomic E-state index is 9.48. The van der Waals surface area contributed by atoms with Crippen LogP contribution in [0.25, 0.3) is 0 Å². The van der Waals surface area contributed by atoms with Crippen LogP contribution in [-0.4, -0.2) is 21.6 Å². The molecule has 0 saturated heterocycles. The summed E-state index contributed by atoms with van der Waals surface area (Å²) in [6.45, 7) is -0.430. The predicted molar refractivity (Wildman–Crippen MR) is 51.7 cm³/mol. The molecule has 13 heavy (non-hydrogen) atoms. The summed E-state index contributed by atoms with van der Waals surface area (Å²) < 4.78 is 0. The van der Waals surface area contributed by atoms with Crippen molar-refractivity contribution in [1.82, 2.24) is 0 Å². The Bertz CT molecular complexity index is 274. The molecule has 0 aliphatic heterocycles. The van der Waals surface area contributed by atoms with E-state index >= 15 is 0 Å². The van der Waals surface area contributed by atoms with Gasteiger partial charge in [-0.05, 0) is 18.4 Å². The maximum atomic E-state index is 9.48. The molecule has 0 atom stereocenters. The van der Waals surface area contributed by atoms with E-state index in [1.807, 2.05) is 6.26 Å². The minimum Gasteiger partial charge on any atom is -0.507 e. The number of benzene rings is 1. The molecular weight excluding hydrogens is 188 g/mol. The largest absolute Gasteiger partial charge is 0.507 e. The first-order valence-electron chi connectivity index (χ1n) is 3.83. The van der Waals surface area contributed by atoms with Gasteiger partial charge >= 0.3 is 0 Å². The molecule has 0 unspecified atom stereocenters. The van der Waals surface area contributed by atoms with Crippen LogP contribution in [0.1, 0.15) is 11.1 Å². The van der Waals surface area contributed by atoms with E-state index in [2.05, 4.69) is 0 Å². The van der Waals surface area contributed by atoms with Gasteiger partial charge in [0.1, 0.15) is 5.75 Å². The van der Waals surface area contributed by atoms with Gasteiger partial charge in [-0.3, -0.25) is 0 Å². The summed E-state index contributed by atoms with van der Waals surface area (Å²) >= 11 is 1.50. The molecule has 1 rings (SSSR count). The number of aromatic hydroxyl groups is 1. The molecular formula is C9H12O3S. The Labute approximate surface area is 81.0 Å². The molecule has 4 heteroatoms. The van der Waals surface area contributed by atoms with Crippen molar-refractivity contribution in [3.05, 3.63) is 23.3 Å². The molecule has 1 aromatic carbocycles. The van der Waals surface area contributed by atoms with Crippen molar-refractivity contribution in [2.75, 3.05) is 6.26 Å². The second-order valence-electron chi connectivity index (χ2n) is 2.61. The van der Waals surface area contributed by atoms with E-state index in [0.717, 1.165) is 4.90 Å². The molecule has 0 radical (unpaired) electrons. The van der Waals surface area contributed by atoms with Gasteiger partial charge in [-0.25, -0.2) is 0 Å². The molecule has 3 N–H and O–H groups in total. The highest BCUT2D eigenvalue weighted by Crippen LogP contribution is 2.28. The van der Waals surface area contributed by atoms with E-state index in [1.54, 1.807) is 12.1 Å². The third-order valence-corrected chi connectivity index (χ3v) is 2.52. The summed E-state index contributed by atoms with van der Waals surface area (Å²) in [7, 11) is 0. The number of rotatable bonds is 3. The van der Waals surface area contributed by atoms with Gasteiger partial charge in [-0.2, -0.15) is 0 Å². The number of hydrogen-bond acceptors (Lipinski definition) is 4.